The molecule has 1 rings (SSSR count). The molecule has 0 aromatic heterocycles. The first-order valence-corrected chi connectivity index (χ1v) is 5.47. The van der Waals surface area contributed by atoms with Crippen LogP contribution in [0.5, 0.6) is 0 Å². The first kappa shape index (κ1) is 16.8. The molecule has 0 spiro atoms. The largest absolute Gasteiger partial charge is 0.437 e. The van der Waals surface area contributed by atoms with Crippen molar-refractivity contribution in [1.82, 2.24) is 0 Å². The molecule has 20 heavy (non-hydrogen) atoms. The number of carbonyl (C=O) groups excluding carboxylic acids is 1. The van der Waals surface area contributed by atoms with Crippen LogP contribution in [0.25, 0.3) is 0 Å². The summed E-state index contributed by atoms with van der Waals surface area (Å²) < 4.78 is 89.0. The van der Waals surface area contributed by atoms with Gasteiger partial charge < -0.3 is 4.74 Å². The zero-order valence-corrected chi connectivity index (χ0v) is 10.4. The van der Waals surface area contributed by atoms with Crippen molar-refractivity contribution in [1.29, 1.82) is 0 Å². The summed E-state index contributed by atoms with van der Waals surface area (Å²) in [6.07, 6.45) is -14.9. The van der Waals surface area contributed by atoms with Crippen molar-refractivity contribution >= 4 is 5.97 Å². The lowest BCUT2D eigenvalue weighted by Gasteiger charge is -2.22. The summed E-state index contributed by atoms with van der Waals surface area (Å²) in [6, 6.07) is 0. The molecule has 0 aromatic rings. The van der Waals surface area contributed by atoms with Crippen LogP contribution in [0.1, 0.15) is 20.3 Å². The van der Waals surface area contributed by atoms with Gasteiger partial charge in [-0.1, -0.05) is 13.8 Å². The van der Waals surface area contributed by atoms with Crippen molar-refractivity contribution in [2.45, 2.75) is 38.7 Å². The highest BCUT2D eigenvalue weighted by Gasteiger charge is 2.60. The van der Waals surface area contributed by atoms with Gasteiger partial charge in [-0.05, 0) is 23.8 Å². The van der Waals surface area contributed by atoms with Crippen LogP contribution in [0.3, 0.4) is 0 Å². The molecule has 0 saturated heterocycles. The molecule has 0 radical (unpaired) electrons. The van der Waals surface area contributed by atoms with Gasteiger partial charge in [0, 0.05) is 0 Å². The maximum Gasteiger partial charge on any atom is 0.434 e. The van der Waals surface area contributed by atoms with E-state index >= 15 is 0 Å². The van der Waals surface area contributed by atoms with Gasteiger partial charge in [0.15, 0.2) is 0 Å². The SMILES string of the molecule is CC1(C)CC1C=C(F)C(=O)OC(C(F)(F)F)C(F)(F)F. The van der Waals surface area contributed by atoms with Gasteiger partial charge in [0.1, 0.15) is 0 Å². The van der Waals surface area contributed by atoms with Crippen molar-refractivity contribution in [2.24, 2.45) is 11.3 Å². The van der Waals surface area contributed by atoms with Gasteiger partial charge in [0.2, 0.25) is 5.83 Å². The first-order valence-electron chi connectivity index (χ1n) is 5.47. The van der Waals surface area contributed by atoms with Crippen LogP contribution in [0, 0.1) is 11.3 Å². The first-order chi connectivity index (χ1) is 8.75. The quantitative estimate of drug-likeness (QED) is 0.449. The van der Waals surface area contributed by atoms with Gasteiger partial charge in [0.05, 0.1) is 0 Å². The molecule has 0 amide bonds. The van der Waals surface area contributed by atoms with Gasteiger partial charge >= 0.3 is 18.3 Å². The van der Waals surface area contributed by atoms with E-state index in [1.54, 1.807) is 13.8 Å². The topological polar surface area (TPSA) is 26.3 Å². The third-order valence-corrected chi connectivity index (χ3v) is 2.95. The number of ether oxygens (including phenoxy) is 1. The average molecular weight is 308 g/mol. The van der Waals surface area contributed by atoms with Gasteiger partial charge in [-0.2, -0.15) is 30.7 Å². The Morgan fingerprint density at radius 1 is 1.20 bits per heavy atom. The van der Waals surface area contributed by atoms with E-state index in [1.807, 2.05) is 0 Å². The fraction of sp³-hybridized carbons (Fsp3) is 0.727. The molecule has 1 saturated carbocycles. The monoisotopic (exact) mass is 308 g/mol. The molecule has 1 atom stereocenters. The van der Waals surface area contributed by atoms with Crippen LogP contribution in [-0.2, 0) is 9.53 Å². The molecule has 0 aromatic carbocycles. The molecule has 1 aliphatic carbocycles. The fourth-order valence-corrected chi connectivity index (χ4v) is 1.52. The Bertz CT molecular complexity index is 405. The second-order valence-electron chi connectivity index (χ2n) is 5.18. The predicted octanol–water partition coefficient (Wildman–Crippen LogP) is 3.92. The summed E-state index contributed by atoms with van der Waals surface area (Å²) in [4.78, 5) is 11.0. The standard InChI is InChI=1S/C11H11F7O2/c1-9(2)4-5(9)3-6(12)7(19)20-8(10(13,14)15)11(16,17)18/h3,5,8H,4H2,1-2H3. The highest BCUT2D eigenvalue weighted by Crippen LogP contribution is 2.53. The summed E-state index contributed by atoms with van der Waals surface area (Å²) in [5, 5.41) is 0. The zero-order valence-electron chi connectivity index (χ0n) is 10.4. The van der Waals surface area contributed by atoms with Crippen LogP contribution in [-0.4, -0.2) is 24.4 Å². The molecule has 1 aliphatic rings. The number of alkyl halides is 6. The number of rotatable bonds is 3. The summed E-state index contributed by atoms with van der Waals surface area (Å²) in [6.45, 7) is 3.42. The minimum Gasteiger partial charge on any atom is -0.437 e. The Morgan fingerprint density at radius 2 is 1.60 bits per heavy atom. The van der Waals surface area contributed by atoms with Crippen LogP contribution >= 0.6 is 0 Å². The second-order valence-corrected chi connectivity index (χ2v) is 5.18. The van der Waals surface area contributed by atoms with Gasteiger partial charge in [0.25, 0.3) is 6.10 Å². The number of hydrogen-bond acceptors (Lipinski definition) is 2. The Labute approximate surface area is 109 Å². The molecular formula is C11H11F7O2. The number of carbonyl (C=O) groups is 1. The number of hydrogen-bond donors (Lipinski definition) is 0. The predicted molar refractivity (Wildman–Crippen MR) is 53.1 cm³/mol. The summed E-state index contributed by atoms with van der Waals surface area (Å²) >= 11 is 0. The highest BCUT2D eigenvalue weighted by atomic mass is 19.4. The van der Waals surface area contributed by atoms with E-state index in [0.717, 1.165) is 0 Å². The van der Waals surface area contributed by atoms with Crippen LogP contribution < -0.4 is 0 Å². The summed E-state index contributed by atoms with van der Waals surface area (Å²) in [5.41, 5.74) is -0.328. The van der Waals surface area contributed by atoms with Crippen LogP contribution in [0.4, 0.5) is 30.7 Å². The second kappa shape index (κ2) is 4.92. The number of esters is 1. The van der Waals surface area contributed by atoms with E-state index in [4.69, 9.17) is 0 Å². The van der Waals surface area contributed by atoms with E-state index in [2.05, 4.69) is 4.74 Å². The van der Waals surface area contributed by atoms with E-state index in [9.17, 15) is 35.5 Å². The molecule has 116 valence electrons. The Hall–Kier alpha value is -1.28. The van der Waals surface area contributed by atoms with Crippen LogP contribution in [0.2, 0.25) is 0 Å². The van der Waals surface area contributed by atoms with E-state index < -0.39 is 36.2 Å². The van der Waals surface area contributed by atoms with E-state index in [-0.39, 0.29) is 5.41 Å². The number of allylic oxidation sites excluding steroid dienone is 1. The van der Waals surface area contributed by atoms with Gasteiger partial charge in [-0.3, -0.25) is 0 Å². The minimum atomic E-state index is -5.85. The Kier molecular flexibility index (Phi) is 4.13. The zero-order chi connectivity index (χ0) is 15.9. The van der Waals surface area contributed by atoms with E-state index in [0.29, 0.717) is 12.5 Å². The van der Waals surface area contributed by atoms with Crippen molar-refractivity contribution in [3.8, 4) is 0 Å². The maximum atomic E-state index is 13.2. The van der Waals surface area contributed by atoms with Crippen molar-refractivity contribution in [2.75, 3.05) is 0 Å². The Morgan fingerprint density at radius 3 is 1.90 bits per heavy atom. The van der Waals surface area contributed by atoms with Crippen molar-refractivity contribution in [3.05, 3.63) is 11.9 Å². The molecule has 0 aliphatic heterocycles. The minimum absolute atomic E-state index is 0.328. The lowest BCUT2D eigenvalue weighted by Crippen LogP contribution is -2.45. The molecule has 0 heterocycles. The Balaban J connectivity index is 2.77. The smallest absolute Gasteiger partial charge is 0.434 e. The normalized spacial score (nSPS) is 22.9. The molecule has 0 N–H and O–H groups in total. The molecule has 9 heteroatoms. The van der Waals surface area contributed by atoms with Crippen molar-refractivity contribution < 1.29 is 40.3 Å². The summed E-state index contributed by atoms with van der Waals surface area (Å²) in [5.74, 6) is -4.43. The molecule has 2 nitrogen and oxygen atoms in total. The fourth-order valence-electron chi connectivity index (χ4n) is 1.52. The third kappa shape index (κ3) is 4.11. The molecule has 1 fully saturated rings. The van der Waals surface area contributed by atoms with Crippen LogP contribution in [0.15, 0.2) is 11.9 Å². The van der Waals surface area contributed by atoms with Gasteiger partial charge in [-0.25, -0.2) is 4.79 Å². The third-order valence-electron chi connectivity index (χ3n) is 2.95. The maximum absolute atomic E-state index is 13.2. The molecule has 0 bridgehead atoms. The molecular weight excluding hydrogens is 297 g/mol. The average Bonchev–Trinajstić information content (AvgIpc) is 2.78. The van der Waals surface area contributed by atoms with E-state index in [1.165, 1.54) is 0 Å². The number of halogens is 7. The molecule has 1 unspecified atom stereocenters. The van der Waals surface area contributed by atoms with Gasteiger partial charge in [-0.15, -0.1) is 0 Å². The van der Waals surface area contributed by atoms with Crippen molar-refractivity contribution in [3.63, 3.8) is 0 Å². The highest BCUT2D eigenvalue weighted by molar-refractivity contribution is 5.86. The summed E-state index contributed by atoms with van der Waals surface area (Å²) in [7, 11) is 0. The lowest BCUT2D eigenvalue weighted by atomic mass is 10.1. The lowest BCUT2D eigenvalue weighted by molar-refractivity contribution is -0.312.